The number of carboxylic acid groups (broad SMARTS) is 1. The summed E-state index contributed by atoms with van der Waals surface area (Å²) in [4.78, 5) is 11.1. The van der Waals surface area contributed by atoms with Crippen LogP contribution in [0, 0.1) is 0 Å². The molecule has 0 aliphatic carbocycles. The molecule has 0 aliphatic rings. The summed E-state index contributed by atoms with van der Waals surface area (Å²) in [5.41, 5.74) is 0.448. The maximum atomic E-state index is 12.1. The second-order valence-electron chi connectivity index (χ2n) is 5.68. The summed E-state index contributed by atoms with van der Waals surface area (Å²) in [6, 6.07) is 6.30. The van der Waals surface area contributed by atoms with E-state index in [-0.39, 0.29) is 17.1 Å². The molecule has 0 aromatic heterocycles. The largest absolute Gasteiger partial charge is 0.478 e. The monoisotopic (exact) mass is 326 g/mol. The molecule has 1 aromatic carbocycles. The van der Waals surface area contributed by atoms with Crippen molar-refractivity contribution in [2.75, 3.05) is 5.75 Å². The molecule has 0 saturated heterocycles. The molecule has 124 valence electrons. The van der Waals surface area contributed by atoms with E-state index in [9.17, 15) is 13.2 Å². The van der Waals surface area contributed by atoms with Crippen LogP contribution in [-0.4, -0.2) is 25.2 Å². The summed E-state index contributed by atoms with van der Waals surface area (Å²) in [5.74, 6) is -1.14. The van der Waals surface area contributed by atoms with E-state index in [2.05, 4.69) is 6.92 Å². The van der Waals surface area contributed by atoms with Gasteiger partial charge >= 0.3 is 5.97 Å². The Morgan fingerprint density at radius 3 is 2.23 bits per heavy atom. The van der Waals surface area contributed by atoms with E-state index in [1.165, 1.54) is 25.3 Å². The van der Waals surface area contributed by atoms with Crippen molar-refractivity contribution in [1.29, 1.82) is 0 Å². The third kappa shape index (κ3) is 7.07. The molecule has 0 aliphatic heterocycles. The zero-order valence-electron chi connectivity index (χ0n) is 13.3. The summed E-state index contributed by atoms with van der Waals surface area (Å²) in [6.45, 7) is 2.17. The van der Waals surface area contributed by atoms with Crippen molar-refractivity contribution < 1.29 is 18.3 Å². The molecule has 4 nitrogen and oxygen atoms in total. The molecule has 1 N–H and O–H groups in total. The van der Waals surface area contributed by atoms with E-state index < -0.39 is 15.8 Å². The highest BCUT2D eigenvalue weighted by Gasteiger charge is 2.16. The summed E-state index contributed by atoms with van der Waals surface area (Å²) in [7, 11) is -3.25. The molecule has 0 atom stereocenters. The second kappa shape index (κ2) is 9.62. The Balaban J connectivity index is 2.43. The van der Waals surface area contributed by atoms with Crippen molar-refractivity contribution in [3.05, 3.63) is 35.4 Å². The van der Waals surface area contributed by atoms with Crippen molar-refractivity contribution >= 4 is 15.8 Å². The highest BCUT2D eigenvalue weighted by Crippen LogP contribution is 2.15. The number of carbonyl (C=O) groups is 1. The standard InChI is InChI=1S/C17H26O4S/c1-2-3-4-5-6-7-10-13-22(20,21)14-15-11-8-9-12-16(15)17(18)19/h8-9,11-12H,2-7,10,13-14H2,1H3,(H,18,19). The lowest BCUT2D eigenvalue weighted by molar-refractivity contribution is 0.0696. The summed E-state index contributed by atoms with van der Waals surface area (Å²) in [5, 5.41) is 9.08. The Bertz CT molecular complexity index is 564. The zero-order chi connectivity index (χ0) is 16.4. The molecule has 0 bridgehead atoms. The summed E-state index contributed by atoms with van der Waals surface area (Å²) >= 11 is 0. The first-order chi connectivity index (χ1) is 10.5. The van der Waals surface area contributed by atoms with Gasteiger partial charge in [-0.15, -0.1) is 0 Å². The number of rotatable bonds is 11. The number of carboxylic acids is 1. The maximum Gasteiger partial charge on any atom is 0.335 e. The Morgan fingerprint density at radius 2 is 1.59 bits per heavy atom. The molecular weight excluding hydrogens is 300 g/mol. The fourth-order valence-electron chi connectivity index (χ4n) is 2.44. The van der Waals surface area contributed by atoms with Crippen LogP contribution in [0.5, 0.6) is 0 Å². The minimum atomic E-state index is -3.25. The zero-order valence-corrected chi connectivity index (χ0v) is 14.1. The molecule has 22 heavy (non-hydrogen) atoms. The van der Waals surface area contributed by atoms with Crippen molar-refractivity contribution in [1.82, 2.24) is 0 Å². The number of benzene rings is 1. The SMILES string of the molecule is CCCCCCCCCS(=O)(=O)Cc1ccccc1C(=O)O. The first-order valence-electron chi connectivity index (χ1n) is 7.98. The minimum Gasteiger partial charge on any atom is -0.478 e. The van der Waals surface area contributed by atoms with Gasteiger partial charge in [-0.05, 0) is 18.1 Å². The molecule has 0 unspecified atom stereocenters. The second-order valence-corrected chi connectivity index (χ2v) is 7.86. The van der Waals surface area contributed by atoms with Gasteiger partial charge in [-0.1, -0.05) is 63.6 Å². The number of hydrogen-bond donors (Lipinski definition) is 1. The van der Waals surface area contributed by atoms with Crippen molar-refractivity contribution in [2.24, 2.45) is 0 Å². The van der Waals surface area contributed by atoms with Gasteiger partial charge in [0.2, 0.25) is 0 Å². The van der Waals surface area contributed by atoms with Crippen LogP contribution in [0.1, 0.15) is 67.8 Å². The van der Waals surface area contributed by atoms with Gasteiger partial charge < -0.3 is 5.11 Å². The Morgan fingerprint density at radius 1 is 1.00 bits per heavy atom. The third-order valence-electron chi connectivity index (χ3n) is 3.68. The van der Waals surface area contributed by atoms with Gasteiger partial charge in [-0.3, -0.25) is 0 Å². The van der Waals surface area contributed by atoms with Crippen LogP contribution >= 0.6 is 0 Å². The van der Waals surface area contributed by atoms with Crippen LogP contribution in [0.15, 0.2) is 24.3 Å². The molecule has 1 rings (SSSR count). The smallest absolute Gasteiger partial charge is 0.335 e. The van der Waals surface area contributed by atoms with E-state index in [0.29, 0.717) is 12.0 Å². The van der Waals surface area contributed by atoms with Crippen LogP contribution in [-0.2, 0) is 15.6 Å². The molecule has 0 fully saturated rings. The van der Waals surface area contributed by atoms with E-state index in [1.54, 1.807) is 18.2 Å². The lowest BCUT2D eigenvalue weighted by Gasteiger charge is -2.07. The molecule has 0 amide bonds. The molecule has 1 aromatic rings. The predicted molar refractivity (Wildman–Crippen MR) is 88.9 cm³/mol. The summed E-state index contributed by atoms with van der Waals surface area (Å²) in [6.07, 6.45) is 7.47. The maximum absolute atomic E-state index is 12.1. The average Bonchev–Trinajstić information content (AvgIpc) is 2.46. The normalized spacial score (nSPS) is 11.5. The number of aromatic carboxylic acids is 1. The van der Waals surface area contributed by atoms with Gasteiger partial charge in [0.25, 0.3) is 0 Å². The van der Waals surface area contributed by atoms with Crippen molar-refractivity contribution in [3.8, 4) is 0 Å². The molecular formula is C17H26O4S. The fraction of sp³-hybridized carbons (Fsp3) is 0.588. The van der Waals surface area contributed by atoms with Crippen molar-refractivity contribution in [3.63, 3.8) is 0 Å². The topological polar surface area (TPSA) is 71.4 Å². The summed E-state index contributed by atoms with van der Waals surface area (Å²) < 4.78 is 24.2. The van der Waals surface area contributed by atoms with Crippen LogP contribution < -0.4 is 0 Å². The lowest BCUT2D eigenvalue weighted by atomic mass is 10.1. The van der Waals surface area contributed by atoms with Crippen LogP contribution in [0.2, 0.25) is 0 Å². The molecule has 5 heteroatoms. The Kier molecular flexibility index (Phi) is 8.17. The van der Waals surface area contributed by atoms with E-state index in [0.717, 1.165) is 19.3 Å². The minimum absolute atomic E-state index is 0.0747. The lowest BCUT2D eigenvalue weighted by Crippen LogP contribution is -2.12. The predicted octanol–water partition coefficient (Wildman–Crippen LogP) is 4.05. The fourth-order valence-corrected chi connectivity index (χ4v) is 3.96. The Hall–Kier alpha value is -1.36. The molecule has 0 spiro atoms. The average molecular weight is 326 g/mol. The number of unbranched alkanes of at least 4 members (excludes halogenated alkanes) is 6. The van der Waals surface area contributed by atoms with Crippen LogP contribution in [0.3, 0.4) is 0 Å². The Labute approximate surface area is 133 Å². The highest BCUT2D eigenvalue weighted by atomic mass is 32.2. The van der Waals surface area contributed by atoms with E-state index in [1.807, 2.05) is 0 Å². The molecule has 0 heterocycles. The van der Waals surface area contributed by atoms with E-state index in [4.69, 9.17) is 5.11 Å². The van der Waals surface area contributed by atoms with Crippen LogP contribution in [0.25, 0.3) is 0 Å². The van der Waals surface area contributed by atoms with Gasteiger partial charge in [0.05, 0.1) is 17.1 Å². The highest BCUT2D eigenvalue weighted by molar-refractivity contribution is 7.90. The quantitative estimate of drug-likeness (QED) is 0.623. The first-order valence-corrected chi connectivity index (χ1v) is 9.80. The molecule has 0 radical (unpaired) electrons. The van der Waals surface area contributed by atoms with Gasteiger partial charge in [0, 0.05) is 0 Å². The van der Waals surface area contributed by atoms with Crippen molar-refractivity contribution in [2.45, 2.75) is 57.6 Å². The van der Waals surface area contributed by atoms with Gasteiger partial charge in [0.1, 0.15) is 0 Å². The van der Waals surface area contributed by atoms with Crippen LogP contribution in [0.4, 0.5) is 0 Å². The first kappa shape index (κ1) is 18.7. The number of hydrogen-bond acceptors (Lipinski definition) is 3. The number of sulfone groups is 1. The van der Waals surface area contributed by atoms with E-state index >= 15 is 0 Å². The third-order valence-corrected chi connectivity index (χ3v) is 5.34. The van der Waals surface area contributed by atoms with Gasteiger partial charge in [-0.2, -0.15) is 0 Å². The van der Waals surface area contributed by atoms with Gasteiger partial charge in [-0.25, -0.2) is 13.2 Å². The molecule has 0 saturated carbocycles. The van der Waals surface area contributed by atoms with Gasteiger partial charge in [0.15, 0.2) is 9.84 Å².